The number of tetrazole rings is 1. The average molecular weight is 427 g/mol. The minimum Gasteiger partial charge on any atom is -0.355 e. The number of hydrogen-bond acceptors (Lipinski definition) is 5. The summed E-state index contributed by atoms with van der Waals surface area (Å²) in [6.45, 7) is 3.96. The van der Waals surface area contributed by atoms with Crippen LogP contribution in [0.25, 0.3) is 15.9 Å². The lowest BCUT2D eigenvalue weighted by molar-refractivity contribution is 0.0931. The normalized spacial score (nSPS) is 16.2. The Morgan fingerprint density at radius 3 is 3.03 bits per heavy atom. The number of para-hydroxylation sites is 1. The van der Waals surface area contributed by atoms with E-state index in [4.69, 9.17) is 11.6 Å². The van der Waals surface area contributed by atoms with Crippen molar-refractivity contribution in [1.82, 2.24) is 30.5 Å². The number of nitrogens with zero attached hydrogens (tertiary/aromatic N) is 4. The van der Waals surface area contributed by atoms with Crippen molar-refractivity contribution in [2.75, 3.05) is 0 Å². The van der Waals surface area contributed by atoms with Crippen molar-refractivity contribution in [3.8, 4) is 5.00 Å². The Balaban J connectivity index is 1.52. The molecular weight excluding hydrogens is 408 g/mol. The summed E-state index contributed by atoms with van der Waals surface area (Å²) < 4.78 is 1.55. The summed E-state index contributed by atoms with van der Waals surface area (Å²) >= 11 is 7.90. The van der Waals surface area contributed by atoms with Crippen LogP contribution in [0.3, 0.4) is 0 Å². The van der Waals surface area contributed by atoms with E-state index in [1.54, 1.807) is 4.68 Å². The third kappa shape index (κ3) is 2.94. The molecular formula is C20H19ClN6OS. The van der Waals surface area contributed by atoms with Gasteiger partial charge in [-0.2, -0.15) is 4.68 Å². The zero-order valence-corrected chi connectivity index (χ0v) is 17.6. The van der Waals surface area contributed by atoms with Crippen LogP contribution in [0.4, 0.5) is 0 Å². The summed E-state index contributed by atoms with van der Waals surface area (Å²) in [5.74, 6) is -0.111. The van der Waals surface area contributed by atoms with Crippen LogP contribution in [0.15, 0.2) is 24.5 Å². The summed E-state index contributed by atoms with van der Waals surface area (Å²) in [6, 6.07) is 5.85. The summed E-state index contributed by atoms with van der Waals surface area (Å²) in [5.41, 5.74) is 4.83. The molecule has 9 heteroatoms. The fraction of sp³-hybridized carbons (Fsp3) is 0.300. The molecule has 1 aliphatic rings. The van der Waals surface area contributed by atoms with Crippen LogP contribution in [0.1, 0.15) is 50.9 Å². The van der Waals surface area contributed by atoms with E-state index in [1.165, 1.54) is 23.2 Å². The van der Waals surface area contributed by atoms with Gasteiger partial charge in [0.25, 0.3) is 5.91 Å². The van der Waals surface area contributed by atoms with Crippen LogP contribution in [0, 0.1) is 13.8 Å². The number of carbonyl (C=O) groups excluding carboxylic acids is 1. The Morgan fingerprint density at radius 2 is 2.24 bits per heavy atom. The maximum Gasteiger partial charge on any atom is 0.255 e. The van der Waals surface area contributed by atoms with Gasteiger partial charge in [-0.05, 0) is 60.7 Å². The molecule has 0 radical (unpaired) electrons. The minimum atomic E-state index is -0.111. The summed E-state index contributed by atoms with van der Waals surface area (Å²) in [4.78, 5) is 17.9. The van der Waals surface area contributed by atoms with E-state index < -0.39 is 0 Å². The second-order valence-corrected chi connectivity index (χ2v) is 8.93. The van der Waals surface area contributed by atoms with E-state index in [9.17, 15) is 4.79 Å². The van der Waals surface area contributed by atoms with Crippen molar-refractivity contribution in [2.45, 2.75) is 39.2 Å². The largest absolute Gasteiger partial charge is 0.355 e. The Labute approximate surface area is 176 Å². The zero-order chi connectivity index (χ0) is 20.1. The van der Waals surface area contributed by atoms with Gasteiger partial charge in [0, 0.05) is 16.0 Å². The maximum atomic E-state index is 13.3. The van der Waals surface area contributed by atoms with Gasteiger partial charge < -0.3 is 10.3 Å². The number of amides is 1. The van der Waals surface area contributed by atoms with E-state index in [0.29, 0.717) is 10.6 Å². The molecule has 0 fully saturated rings. The number of aromatic amines is 1. The number of aromatic nitrogens is 5. The highest BCUT2D eigenvalue weighted by Gasteiger charge is 2.29. The Hall–Kier alpha value is -2.71. The third-order valence-electron chi connectivity index (χ3n) is 5.65. The predicted octanol–water partition coefficient (Wildman–Crippen LogP) is 4.28. The summed E-state index contributed by atoms with van der Waals surface area (Å²) in [6.07, 6.45) is 4.39. The van der Waals surface area contributed by atoms with Crippen LogP contribution in [0.5, 0.6) is 0 Å². The summed E-state index contributed by atoms with van der Waals surface area (Å²) in [7, 11) is 0. The second kappa shape index (κ2) is 6.96. The van der Waals surface area contributed by atoms with E-state index >= 15 is 0 Å². The molecule has 4 aromatic rings. The van der Waals surface area contributed by atoms with Gasteiger partial charge in [-0.25, -0.2) is 0 Å². The Bertz CT molecular complexity index is 1230. The topological polar surface area (TPSA) is 88.5 Å². The number of H-pyrrole nitrogens is 1. The van der Waals surface area contributed by atoms with Crippen molar-refractivity contribution < 1.29 is 4.79 Å². The fourth-order valence-electron chi connectivity index (χ4n) is 4.12. The number of nitrogens with one attached hydrogen (secondary N) is 2. The zero-order valence-electron chi connectivity index (χ0n) is 16.0. The number of carbonyl (C=O) groups is 1. The first-order valence-corrected chi connectivity index (χ1v) is 10.7. The molecule has 1 amide bonds. The van der Waals surface area contributed by atoms with Gasteiger partial charge in [0.2, 0.25) is 0 Å². The standard InChI is InChI=1S/C20H19ClN6OS/c1-10-11(2)29-20(27-9-22-25-26-27)16(10)19(28)23-15-8-4-6-13-12-5-3-7-14(21)17(12)24-18(13)15/h3,5,7,9,15,24H,4,6,8H2,1-2H3,(H,23,28)/t15-/m1/s1. The maximum absolute atomic E-state index is 13.3. The molecule has 3 aromatic heterocycles. The molecule has 5 rings (SSSR count). The molecule has 2 N–H and O–H groups in total. The predicted molar refractivity (Wildman–Crippen MR) is 113 cm³/mol. The lowest BCUT2D eigenvalue weighted by atomic mass is 9.91. The molecule has 0 bridgehead atoms. The van der Waals surface area contributed by atoms with Gasteiger partial charge in [0.1, 0.15) is 11.3 Å². The van der Waals surface area contributed by atoms with E-state index in [0.717, 1.165) is 51.3 Å². The van der Waals surface area contributed by atoms with E-state index in [2.05, 4.69) is 31.9 Å². The molecule has 3 heterocycles. The molecule has 0 saturated heterocycles. The van der Waals surface area contributed by atoms with Crippen molar-refractivity contribution in [1.29, 1.82) is 0 Å². The SMILES string of the molecule is Cc1sc(-n2cnnn2)c(C(=O)N[C@@H]2CCCc3c2[nH]c2c(Cl)cccc32)c1C. The second-order valence-electron chi connectivity index (χ2n) is 7.32. The number of rotatable bonds is 3. The molecule has 1 aliphatic carbocycles. The highest BCUT2D eigenvalue weighted by molar-refractivity contribution is 7.15. The van der Waals surface area contributed by atoms with Crippen LogP contribution >= 0.6 is 22.9 Å². The van der Waals surface area contributed by atoms with Crippen molar-refractivity contribution in [3.05, 3.63) is 56.8 Å². The van der Waals surface area contributed by atoms with Gasteiger partial charge in [-0.15, -0.1) is 16.4 Å². The highest BCUT2D eigenvalue weighted by Crippen LogP contribution is 2.38. The first-order valence-electron chi connectivity index (χ1n) is 9.47. The van der Waals surface area contributed by atoms with E-state index in [-0.39, 0.29) is 11.9 Å². The number of halogens is 1. The number of fused-ring (bicyclic) bond motifs is 3. The molecule has 29 heavy (non-hydrogen) atoms. The minimum absolute atomic E-state index is 0.0870. The van der Waals surface area contributed by atoms with Crippen LogP contribution in [-0.2, 0) is 6.42 Å². The quantitative estimate of drug-likeness (QED) is 0.511. The van der Waals surface area contributed by atoms with Crippen LogP contribution in [0.2, 0.25) is 5.02 Å². The molecule has 0 unspecified atom stereocenters. The Morgan fingerprint density at radius 1 is 1.38 bits per heavy atom. The van der Waals surface area contributed by atoms with Gasteiger partial charge in [0.05, 0.1) is 22.1 Å². The molecule has 0 aliphatic heterocycles. The van der Waals surface area contributed by atoms with Gasteiger partial charge in [-0.1, -0.05) is 23.7 Å². The van der Waals surface area contributed by atoms with Crippen LogP contribution < -0.4 is 5.32 Å². The molecule has 0 spiro atoms. The molecule has 7 nitrogen and oxygen atoms in total. The number of benzene rings is 1. The number of hydrogen-bond donors (Lipinski definition) is 2. The van der Waals surface area contributed by atoms with Crippen molar-refractivity contribution in [2.24, 2.45) is 0 Å². The molecule has 148 valence electrons. The first-order chi connectivity index (χ1) is 14.0. The van der Waals surface area contributed by atoms with Gasteiger partial charge in [0.15, 0.2) is 0 Å². The molecule has 1 aromatic carbocycles. The van der Waals surface area contributed by atoms with E-state index in [1.807, 2.05) is 26.0 Å². The fourth-order valence-corrected chi connectivity index (χ4v) is 5.41. The average Bonchev–Trinajstić information content (AvgIpc) is 3.42. The van der Waals surface area contributed by atoms with Gasteiger partial charge >= 0.3 is 0 Å². The van der Waals surface area contributed by atoms with Gasteiger partial charge in [-0.3, -0.25) is 4.79 Å². The molecule has 0 saturated carbocycles. The third-order valence-corrected chi connectivity index (χ3v) is 7.16. The number of aryl methyl sites for hydroxylation is 2. The highest BCUT2D eigenvalue weighted by atomic mass is 35.5. The molecule has 1 atom stereocenters. The lowest BCUT2D eigenvalue weighted by Crippen LogP contribution is -2.31. The van der Waals surface area contributed by atoms with Crippen LogP contribution in [-0.4, -0.2) is 31.1 Å². The summed E-state index contributed by atoms with van der Waals surface area (Å²) in [5, 5.41) is 17.2. The lowest BCUT2D eigenvalue weighted by Gasteiger charge is -2.24. The smallest absolute Gasteiger partial charge is 0.255 e. The monoisotopic (exact) mass is 426 g/mol. The van der Waals surface area contributed by atoms with Crippen molar-refractivity contribution >= 4 is 39.7 Å². The first kappa shape index (κ1) is 18.3. The van der Waals surface area contributed by atoms with Crippen molar-refractivity contribution in [3.63, 3.8) is 0 Å². The Kier molecular flexibility index (Phi) is 4.40. The number of thiophene rings is 1.